The first-order valence-corrected chi connectivity index (χ1v) is 6.73. The summed E-state index contributed by atoms with van der Waals surface area (Å²) in [4.78, 5) is 13.7. The van der Waals surface area contributed by atoms with Gasteiger partial charge >= 0.3 is 15.1 Å². The molecule has 0 aliphatic carbocycles. The van der Waals surface area contributed by atoms with Crippen molar-refractivity contribution in [1.82, 2.24) is 0 Å². The predicted octanol–water partition coefficient (Wildman–Crippen LogP) is 0.812. The van der Waals surface area contributed by atoms with Crippen LogP contribution < -0.4 is 4.31 Å². The van der Waals surface area contributed by atoms with Gasteiger partial charge in [-0.2, -0.15) is 8.42 Å². The number of nitrogens with zero attached hydrogens (tertiary/aromatic N) is 3. The van der Waals surface area contributed by atoms with E-state index in [1.165, 1.54) is 12.1 Å². The van der Waals surface area contributed by atoms with Gasteiger partial charge in [0.05, 0.1) is 12.2 Å². The van der Waals surface area contributed by atoms with E-state index in [1.54, 1.807) is 0 Å². The predicted molar refractivity (Wildman–Crippen MR) is 70.8 cm³/mol. The maximum absolute atomic E-state index is 12.9. The van der Waals surface area contributed by atoms with Gasteiger partial charge in [-0.15, -0.1) is 11.2 Å². The standard InChI is InChI=1S/C12H10FN3O3S/c1-3-8-16(11-6-4-10(13)5-7-11)20(18,19)12(15-14)9(2)17/h1,4-7H,8H2,2H3. The van der Waals surface area contributed by atoms with Crippen molar-refractivity contribution in [2.24, 2.45) is 0 Å². The van der Waals surface area contributed by atoms with Crippen LogP contribution in [0.1, 0.15) is 6.92 Å². The summed E-state index contributed by atoms with van der Waals surface area (Å²) in [5, 5.41) is -1.04. The van der Waals surface area contributed by atoms with Gasteiger partial charge in [-0.25, -0.2) is 8.70 Å². The Labute approximate surface area is 115 Å². The Kier molecular flexibility index (Phi) is 4.75. The van der Waals surface area contributed by atoms with Gasteiger partial charge in [0.1, 0.15) is 5.82 Å². The van der Waals surface area contributed by atoms with Crippen LogP contribution in [0.25, 0.3) is 5.53 Å². The minimum atomic E-state index is -4.42. The van der Waals surface area contributed by atoms with Crippen LogP contribution in [0.3, 0.4) is 0 Å². The van der Waals surface area contributed by atoms with Crippen molar-refractivity contribution < 1.29 is 22.4 Å². The van der Waals surface area contributed by atoms with Crippen molar-refractivity contribution in [3.8, 4) is 12.3 Å². The highest BCUT2D eigenvalue weighted by Gasteiger charge is 2.38. The molecule has 0 fully saturated rings. The summed E-state index contributed by atoms with van der Waals surface area (Å²) in [7, 11) is -4.42. The summed E-state index contributed by atoms with van der Waals surface area (Å²) in [5.74, 6) is 0.602. The SMILES string of the molecule is C#CCN(c1ccc(F)cc1)S(=O)(=O)C(=[N+]=[N-])C(C)=O. The smallest absolute Gasteiger partial charge is 0.360 e. The maximum Gasteiger partial charge on any atom is 0.466 e. The highest BCUT2D eigenvalue weighted by molar-refractivity contribution is 8.09. The first-order chi connectivity index (χ1) is 9.34. The molecule has 0 atom stereocenters. The third-order valence-electron chi connectivity index (χ3n) is 2.28. The number of anilines is 1. The number of benzene rings is 1. The van der Waals surface area contributed by atoms with Gasteiger partial charge < -0.3 is 5.53 Å². The molecule has 1 aromatic rings. The molecule has 1 aromatic carbocycles. The van der Waals surface area contributed by atoms with Crippen LogP contribution in [-0.4, -0.2) is 30.6 Å². The molecule has 0 aromatic heterocycles. The molecule has 0 spiro atoms. The number of carbonyl (C=O) groups excluding carboxylic acids is 1. The second kappa shape index (κ2) is 6.10. The Balaban J connectivity index is 3.41. The summed E-state index contributed by atoms with van der Waals surface area (Å²) in [6.45, 7) is 0.533. The average molecular weight is 295 g/mol. The Hall–Kier alpha value is -2.49. The van der Waals surface area contributed by atoms with Crippen molar-refractivity contribution in [1.29, 1.82) is 0 Å². The van der Waals surface area contributed by atoms with E-state index in [0.717, 1.165) is 19.1 Å². The maximum atomic E-state index is 12.9. The van der Waals surface area contributed by atoms with E-state index in [4.69, 9.17) is 12.0 Å². The van der Waals surface area contributed by atoms with Crippen molar-refractivity contribution >= 4 is 26.5 Å². The largest absolute Gasteiger partial charge is 0.466 e. The molecule has 6 nitrogen and oxygen atoms in total. The molecule has 0 heterocycles. The highest BCUT2D eigenvalue weighted by atomic mass is 32.2. The molecule has 0 saturated carbocycles. The third-order valence-corrected chi connectivity index (χ3v) is 4.05. The van der Waals surface area contributed by atoms with Crippen LogP contribution in [0.2, 0.25) is 0 Å². The molecule has 0 aliphatic rings. The number of Topliss-reactive ketones (excluding diaryl/α,β-unsaturated/α-hetero) is 1. The Morgan fingerprint density at radius 2 is 2.00 bits per heavy atom. The van der Waals surface area contributed by atoms with E-state index < -0.39 is 33.2 Å². The summed E-state index contributed by atoms with van der Waals surface area (Å²) in [5.41, 5.74) is 8.74. The van der Waals surface area contributed by atoms with Crippen LogP contribution in [0.5, 0.6) is 0 Å². The van der Waals surface area contributed by atoms with E-state index in [0.29, 0.717) is 4.31 Å². The van der Waals surface area contributed by atoms with Gasteiger partial charge in [0.2, 0.25) is 0 Å². The average Bonchev–Trinajstić information content (AvgIpc) is 2.37. The Morgan fingerprint density at radius 3 is 2.40 bits per heavy atom. The molecule has 0 aliphatic heterocycles. The monoisotopic (exact) mass is 295 g/mol. The zero-order valence-corrected chi connectivity index (χ0v) is 11.3. The van der Waals surface area contributed by atoms with Crippen LogP contribution >= 0.6 is 0 Å². The Morgan fingerprint density at radius 1 is 1.45 bits per heavy atom. The van der Waals surface area contributed by atoms with E-state index in [1.807, 2.05) is 0 Å². The molecule has 0 bridgehead atoms. The topological polar surface area (TPSA) is 90.8 Å². The fraction of sp³-hybridized carbons (Fsp3) is 0.167. The van der Waals surface area contributed by atoms with Gasteiger partial charge in [-0.3, -0.25) is 4.79 Å². The number of rotatable bonds is 4. The fourth-order valence-corrected chi connectivity index (χ4v) is 2.73. The first-order valence-electron chi connectivity index (χ1n) is 5.29. The fourth-order valence-electron chi connectivity index (χ4n) is 1.41. The summed E-state index contributed by atoms with van der Waals surface area (Å²) < 4.78 is 37.9. The number of carbonyl (C=O) groups is 1. The van der Waals surface area contributed by atoms with Crippen LogP contribution in [0.4, 0.5) is 10.1 Å². The summed E-state index contributed by atoms with van der Waals surface area (Å²) in [6, 6.07) is 4.44. The van der Waals surface area contributed by atoms with Crippen molar-refractivity contribution in [2.45, 2.75) is 6.92 Å². The molecular formula is C12H10FN3O3S. The van der Waals surface area contributed by atoms with Gasteiger partial charge in [-0.05, 0) is 24.3 Å². The molecule has 0 saturated heterocycles. The molecular weight excluding hydrogens is 285 g/mol. The summed E-state index contributed by atoms with van der Waals surface area (Å²) >= 11 is 0. The Bertz CT molecular complexity index is 713. The minimum absolute atomic E-state index is 0.0479. The molecule has 104 valence electrons. The molecule has 0 amide bonds. The van der Waals surface area contributed by atoms with Crippen LogP contribution in [-0.2, 0) is 14.8 Å². The van der Waals surface area contributed by atoms with E-state index >= 15 is 0 Å². The molecule has 20 heavy (non-hydrogen) atoms. The number of hydrogen-bond acceptors (Lipinski definition) is 3. The molecule has 8 heteroatoms. The normalized spacial score (nSPS) is 10.2. The van der Waals surface area contributed by atoms with Gasteiger partial charge in [0.25, 0.3) is 5.78 Å². The van der Waals surface area contributed by atoms with E-state index in [2.05, 4.69) is 10.7 Å². The lowest BCUT2D eigenvalue weighted by Crippen LogP contribution is -2.40. The number of halogens is 1. The lowest BCUT2D eigenvalue weighted by molar-refractivity contribution is -0.114. The van der Waals surface area contributed by atoms with Gasteiger partial charge in [0, 0.05) is 6.92 Å². The lowest BCUT2D eigenvalue weighted by atomic mass is 10.3. The molecule has 1 rings (SSSR count). The van der Waals surface area contributed by atoms with E-state index in [-0.39, 0.29) is 5.69 Å². The molecule has 0 N–H and O–H groups in total. The zero-order chi connectivity index (χ0) is 15.3. The van der Waals surface area contributed by atoms with Crippen LogP contribution in [0, 0.1) is 18.2 Å². The number of ketones is 1. The van der Waals surface area contributed by atoms with Crippen LogP contribution in [0.15, 0.2) is 24.3 Å². The zero-order valence-electron chi connectivity index (χ0n) is 10.4. The minimum Gasteiger partial charge on any atom is -0.360 e. The summed E-state index contributed by atoms with van der Waals surface area (Å²) in [6.07, 6.45) is 5.09. The first kappa shape index (κ1) is 15.6. The van der Waals surface area contributed by atoms with Crippen molar-refractivity contribution in [2.75, 3.05) is 10.8 Å². The highest BCUT2D eigenvalue weighted by Crippen LogP contribution is 2.19. The lowest BCUT2D eigenvalue weighted by Gasteiger charge is -2.18. The third kappa shape index (κ3) is 3.09. The van der Waals surface area contributed by atoms with Gasteiger partial charge in [0.15, 0.2) is 0 Å². The van der Waals surface area contributed by atoms with Gasteiger partial charge in [-0.1, -0.05) is 5.92 Å². The van der Waals surface area contributed by atoms with E-state index in [9.17, 15) is 17.6 Å². The van der Waals surface area contributed by atoms with Crippen molar-refractivity contribution in [3.05, 3.63) is 35.6 Å². The quantitative estimate of drug-likeness (QED) is 0.270. The number of sulfonamides is 1. The van der Waals surface area contributed by atoms with Crippen molar-refractivity contribution in [3.63, 3.8) is 0 Å². The second-order valence-electron chi connectivity index (χ2n) is 3.65. The number of terminal acetylenes is 1. The number of hydrogen-bond donors (Lipinski definition) is 0. The molecule has 0 radical (unpaired) electrons. The second-order valence-corrected chi connectivity index (χ2v) is 5.43. The molecule has 0 unspecified atom stereocenters.